The van der Waals surface area contributed by atoms with E-state index in [0.717, 1.165) is 16.8 Å². The highest BCUT2D eigenvalue weighted by atomic mass is 19.1. The van der Waals surface area contributed by atoms with Gasteiger partial charge in [-0.1, -0.05) is 6.07 Å². The minimum Gasteiger partial charge on any atom is -0.370 e. The summed E-state index contributed by atoms with van der Waals surface area (Å²) in [5, 5.41) is 5.56. The van der Waals surface area contributed by atoms with Gasteiger partial charge in [-0.25, -0.2) is 9.38 Å². The lowest BCUT2D eigenvalue weighted by molar-refractivity contribution is -0.114. The van der Waals surface area contributed by atoms with Gasteiger partial charge < -0.3 is 16.4 Å². The Kier molecular flexibility index (Phi) is 5.30. The van der Waals surface area contributed by atoms with Crippen LogP contribution in [-0.4, -0.2) is 18.4 Å². The normalized spacial score (nSPS) is 11.2. The molecule has 0 saturated carbocycles. The molecule has 2 aromatic rings. The summed E-state index contributed by atoms with van der Waals surface area (Å²) in [6.45, 7) is 3.85. The first-order chi connectivity index (χ1) is 10.9. The Morgan fingerprint density at radius 3 is 2.26 bits per heavy atom. The second-order valence-corrected chi connectivity index (χ2v) is 5.26. The maximum atomic E-state index is 12.8. The molecule has 0 radical (unpaired) electrons. The number of rotatable bonds is 4. The van der Waals surface area contributed by atoms with Gasteiger partial charge in [-0.2, -0.15) is 0 Å². The Hall–Kier alpha value is -2.89. The van der Waals surface area contributed by atoms with Gasteiger partial charge in [-0.15, -0.1) is 0 Å². The third-order valence-electron chi connectivity index (χ3n) is 3.02. The van der Waals surface area contributed by atoms with E-state index in [4.69, 9.17) is 5.73 Å². The molecule has 1 amide bonds. The number of hydrogen-bond acceptors (Lipinski definition) is 2. The molecule has 0 fully saturated rings. The van der Waals surface area contributed by atoms with Crippen molar-refractivity contribution in [3.05, 3.63) is 59.4 Å². The molecule has 5 nitrogen and oxygen atoms in total. The summed E-state index contributed by atoms with van der Waals surface area (Å²) in [7, 11) is 0. The van der Waals surface area contributed by atoms with Crippen LogP contribution in [0.3, 0.4) is 0 Å². The highest BCUT2D eigenvalue weighted by Crippen LogP contribution is 2.13. The van der Waals surface area contributed by atoms with Crippen molar-refractivity contribution in [2.75, 3.05) is 17.2 Å². The lowest BCUT2D eigenvalue weighted by Gasteiger charge is -2.08. The topological polar surface area (TPSA) is 79.5 Å². The van der Waals surface area contributed by atoms with Crippen molar-refractivity contribution in [1.82, 2.24) is 0 Å². The number of carbonyl (C=O) groups excluding carboxylic acids is 1. The maximum Gasteiger partial charge on any atom is 0.246 e. The molecule has 23 heavy (non-hydrogen) atoms. The number of halogens is 1. The monoisotopic (exact) mass is 314 g/mol. The number of aryl methyl sites for hydroxylation is 2. The van der Waals surface area contributed by atoms with Crippen LogP contribution < -0.4 is 16.4 Å². The standard InChI is InChI=1S/C17H19FN4O/c1-11-7-12(2)9-15(8-11)22-17(19)20-10-16(23)21-14-5-3-13(18)4-6-14/h3-9H,10H2,1-2H3,(H,21,23)(H3,19,20,22). The number of hydrogen-bond donors (Lipinski definition) is 3. The molecular weight excluding hydrogens is 295 g/mol. The Morgan fingerprint density at radius 2 is 1.65 bits per heavy atom. The molecule has 0 aliphatic rings. The molecule has 6 heteroatoms. The van der Waals surface area contributed by atoms with Crippen molar-refractivity contribution < 1.29 is 9.18 Å². The summed E-state index contributed by atoms with van der Waals surface area (Å²) >= 11 is 0. The molecule has 2 rings (SSSR count). The summed E-state index contributed by atoms with van der Waals surface area (Å²) in [5.41, 5.74) is 9.32. The maximum absolute atomic E-state index is 12.8. The van der Waals surface area contributed by atoms with E-state index in [0.29, 0.717) is 5.69 Å². The van der Waals surface area contributed by atoms with Gasteiger partial charge in [-0.05, 0) is 61.4 Å². The average Bonchev–Trinajstić information content (AvgIpc) is 2.46. The van der Waals surface area contributed by atoms with Gasteiger partial charge in [-0.3, -0.25) is 4.79 Å². The van der Waals surface area contributed by atoms with Crippen molar-refractivity contribution in [3.63, 3.8) is 0 Å². The summed E-state index contributed by atoms with van der Waals surface area (Å²) in [5.74, 6) is -0.533. The van der Waals surface area contributed by atoms with E-state index >= 15 is 0 Å². The van der Waals surface area contributed by atoms with Crippen LogP contribution in [0.5, 0.6) is 0 Å². The van der Waals surface area contributed by atoms with Gasteiger partial charge in [0.15, 0.2) is 5.96 Å². The third kappa shape index (κ3) is 5.43. The number of anilines is 2. The summed E-state index contributed by atoms with van der Waals surface area (Å²) in [6, 6.07) is 11.4. The lowest BCUT2D eigenvalue weighted by atomic mass is 10.1. The predicted octanol–water partition coefficient (Wildman–Crippen LogP) is 2.81. The molecule has 0 heterocycles. The van der Waals surface area contributed by atoms with Crippen LogP contribution in [0.4, 0.5) is 15.8 Å². The molecule has 0 aliphatic heterocycles. The van der Waals surface area contributed by atoms with E-state index in [1.165, 1.54) is 24.3 Å². The summed E-state index contributed by atoms with van der Waals surface area (Å²) < 4.78 is 12.8. The minimum absolute atomic E-state index is 0.124. The number of carbonyl (C=O) groups is 1. The molecular formula is C17H19FN4O. The van der Waals surface area contributed by atoms with Crippen LogP contribution in [0.25, 0.3) is 0 Å². The zero-order valence-electron chi connectivity index (χ0n) is 13.1. The molecule has 0 bridgehead atoms. The van der Waals surface area contributed by atoms with E-state index in [1.807, 2.05) is 26.0 Å². The van der Waals surface area contributed by atoms with E-state index in [2.05, 4.69) is 21.7 Å². The highest BCUT2D eigenvalue weighted by Gasteiger charge is 2.03. The van der Waals surface area contributed by atoms with Crippen LogP contribution >= 0.6 is 0 Å². The number of aliphatic imine (C=N–C) groups is 1. The van der Waals surface area contributed by atoms with Crippen LogP contribution in [0.1, 0.15) is 11.1 Å². The van der Waals surface area contributed by atoms with Crippen molar-refractivity contribution in [3.8, 4) is 0 Å². The van der Waals surface area contributed by atoms with Crippen molar-refractivity contribution in [1.29, 1.82) is 0 Å². The highest BCUT2D eigenvalue weighted by molar-refractivity contribution is 5.97. The second kappa shape index (κ2) is 7.40. The largest absolute Gasteiger partial charge is 0.370 e. The number of benzene rings is 2. The van der Waals surface area contributed by atoms with Crippen molar-refractivity contribution in [2.24, 2.45) is 10.7 Å². The zero-order valence-corrected chi connectivity index (χ0v) is 13.1. The van der Waals surface area contributed by atoms with Gasteiger partial charge in [0.25, 0.3) is 0 Å². The van der Waals surface area contributed by atoms with Gasteiger partial charge >= 0.3 is 0 Å². The summed E-state index contributed by atoms with van der Waals surface area (Å²) in [4.78, 5) is 15.8. The van der Waals surface area contributed by atoms with Crippen LogP contribution in [0.15, 0.2) is 47.5 Å². The molecule has 0 saturated heterocycles. The first-order valence-electron chi connectivity index (χ1n) is 7.13. The quantitative estimate of drug-likeness (QED) is 0.600. The third-order valence-corrected chi connectivity index (χ3v) is 3.02. The number of nitrogens with zero attached hydrogens (tertiary/aromatic N) is 1. The van der Waals surface area contributed by atoms with Crippen molar-refractivity contribution >= 4 is 23.2 Å². The number of nitrogens with two attached hydrogens (primary N) is 1. The Balaban J connectivity index is 1.90. The SMILES string of the molecule is Cc1cc(C)cc(NC(N)=NCC(=O)Nc2ccc(F)cc2)c1. The minimum atomic E-state index is -0.358. The molecule has 0 spiro atoms. The second-order valence-electron chi connectivity index (χ2n) is 5.26. The van der Waals surface area contributed by atoms with E-state index in [-0.39, 0.29) is 24.2 Å². The number of guanidine groups is 1. The Labute approximate surface area is 134 Å². The summed E-state index contributed by atoms with van der Waals surface area (Å²) in [6.07, 6.45) is 0. The lowest BCUT2D eigenvalue weighted by Crippen LogP contribution is -2.25. The van der Waals surface area contributed by atoms with E-state index in [9.17, 15) is 9.18 Å². The van der Waals surface area contributed by atoms with Crippen LogP contribution in [-0.2, 0) is 4.79 Å². The van der Waals surface area contributed by atoms with E-state index < -0.39 is 0 Å². The molecule has 0 aliphatic carbocycles. The molecule has 120 valence electrons. The fraction of sp³-hybridized carbons (Fsp3) is 0.176. The first-order valence-corrected chi connectivity index (χ1v) is 7.13. The van der Waals surface area contributed by atoms with Crippen LogP contribution in [0.2, 0.25) is 0 Å². The fourth-order valence-electron chi connectivity index (χ4n) is 2.12. The zero-order chi connectivity index (χ0) is 16.8. The predicted molar refractivity (Wildman–Crippen MR) is 91.1 cm³/mol. The first kappa shape index (κ1) is 16.5. The number of nitrogens with one attached hydrogen (secondary N) is 2. The fourth-order valence-corrected chi connectivity index (χ4v) is 2.12. The molecule has 0 atom stereocenters. The Bertz CT molecular complexity index is 706. The number of amides is 1. The van der Waals surface area contributed by atoms with Gasteiger partial charge in [0, 0.05) is 11.4 Å². The molecule has 0 aromatic heterocycles. The smallest absolute Gasteiger partial charge is 0.246 e. The van der Waals surface area contributed by atoms with E-state index in [1.54, 1.807) is 0 Å². The van der Waals surface area contributed by atoms with Gasteiger partial charge in [0.1, 0.15) is 12.4 Å². The molecule has 0 unspecified atom stereocenters. The average molecular weight is 314 g/mol. The van der Waals surface area contributed by atoms with Gasteiger partial charge in [0.2, 0.25) is 5.91 Å². The van der Waals surface area contributed by atoms with Crippen molar-refractivity contribution in [2.45, 2.75) is 13.8 Å². The van der Waals surface area contributed by atoms with Gasteiger partial charge in [0.05, 0.1) is 0 Å². The Morgan fingerprint density at radius 1 is 1.04 bits per heavy atom. The van der Waals surface area contributed by atoms with Crippen LogP contribution in [0, 0.1) is 19.7 Å². The molecule has 2 aromatic carbocycles. The molecule has 4 N–H and O–H groups in total.